The minimum atomic E-state index is 0.0807. The lowest BCUT2D eigenvalue weighted by Crippen LogP contribution is -2.52. The van der Waals surface area contributed by atoms with Crippen LogP contribution in [0.4, 0.5) is 5.69 Å². The van der Waals surface area contributed by atoms with Gasteiger partial charge >= 0.3 is 0 Å². The Morgan fingerprint density at radius 3 is 2.03 bits per heavy atom. The molecule has 5 rings (SSSR count). The zero-order chi connectivity index (χ0) is 22.6. The van der Waals surface area contributed by atoms with Crippen molar-refractivity contribution in [3.8, 4) is 11.5 Å². The van der Waals surface area contributed by atoms with E-state index in [2.05, 4.69) is 4.90 Å². The Bertz CT molecular complexity index is 1090. The summed E-state index contributed by atoms with van der Waals surface area (Å²) in [4.78, 5) is 31.6. The maximum absolute atomic E-state index is 12.8. The third-order valence-corrected chi connectivity index (χ3v) is 6.37. The first-order chi connectivity index (χ1) is 16.2. The maximum Gasteiger partial charge on any atom is 0.253 e. The van der Waals surface area contributed by atoms with E-state index in [1.807, 2.05) is 94.7 Å². The van der Waals surface area contributed by atoms with E-state index in [-0.39, 0.29) is 17.9 Å². The fraction of sp³-hybridized carbons (Fsp3) is 0.259. The molecule has 0 spiro atoms. The minimum absolute atomic E-state index is 0.0807. The van der Waals surface area contributed by atoms with Gasteiger partial charge in [-0.25, -0.2) is 0 Å². The van der Waals surface area contributed by atoms with Gasteiger partial charge in [0, 0.05) is 56.4 Å². The molecule has 6 nitrogen and oxygen atoms in total. The van der Waals surface area contributed by atoms with Crippen LogP contribution in [0.2, 0.25) is 0 Å². The summed E-state index contributed by atoms with van der Waals surface area (Å²) >= 11 is 0. The van der Waals surface area contributed by atoms with Gasteiger partial charge in [0.1, 0.15) is 11.5 Å². The molecule has 33 heavy (non-hydrogen) atoms. The van der Waals surface area contributed by atoms with E-state index in [1.165, 1.54) is 0 Å². The molecule has 2 heterocycles. The summed E-state index contributed by atoms with van der Waals surface area (Å²) < 4.78 is 5.86. The van der Waals surface area contributed by atoms with Gasteiger partial charge in [-0.05, 0) is 48.5 Å². The third-order valence-electron chi connectivity index (χ3n) is 6.37. The zero-order valence-corrected chi connectivity index (χ0v) is 18.5. The first-order valence-corrected chi connectivity index (χ1v) is 11.4. The number of ether oxygens (including phenoxy) is 1. The van der Waals surface area contributed by atoms with Gasteiger partial charge in [-0.15, -0.1) is 0 Å². The number of carbonyl (C=O) groups is 2. The van der Waals surface area contributed by atoms with Gasteiger partial charge in [0.2, 0.25) is 5.91 Å². The van der Waals surface area contributed by atoms with Crippen LogP contribution in [0, 0.1) is 0 Å². The van der Waals surface area contributed by atoms with Crippen molar-refractivity contribution in [1.29, 1.82) is 0 Å². The highest BCUT2D eigenvalue weighted by Gasteiger charge is 2.36. The Morgan fingerprint density at radius 2 is 1.36 bits per heavy atom. The molecule has 3 aromatic carbocycles. The van der Waals surface area contributed by atoms with Crippen LogP contribution < -0.4 is 9.64 Å². The van der Waals surface area contributed by atoms with Crippen molar-refractivity contribution in [1.82, 2.24) is 9.80 Å². The Hall–Kier alpha value is -3.64. The van der Waals surface area contributed by atoms with E-state index in [0.29, 0.717) is 26.1 Å². The number of nitrogens with zero attached hydrogens (tertiary/aromatic N) is 3. The van der Waals surface area contributed by atoms with Crippen molar-refractivity contribution in [3.05, 3.63) is 90.5 Å². The second-order valence-corrected chi connectivity index (χ2v) is 8.47. The molecule has 0 aliphatic carbocycles. The maximum atomic E-state index is 12.8. The average Bonchev–Trinajstić information content (AvgIpc) is 3.27. The van der Waals surface area contributed by atoms with Crippen LogP contribution in [0.15, 0.2) is 84.9 Å². The van der Waals surface area contributed by atoms with Crippen LogP contribution in [-0.4, -0.2) is 60.4 Å². The number of hydrogen-bond acceptors (Lipinski definition) is 4. The lowest BCUT2D eigenvalue weighted by molar-refractivity contribution is -0.117. The molecule has 3 aromatic rings. The number of benzene rings is 3. The number of rotatable bonds is 5. The fourth-order valence-electron chi connectivity index (χ4n) is 4.56. The van der Waals surface area contributed by atoms with E-state index in [4.69, 9.17) is 4.74 Å². The molecule has 2 saturated heterocycles. The van der Waals surface area contributed by atoms with Crippen LogP contribution >= 0.6 is 0 Å². The summed E-state index contributed by atoms with van der Waals surface area (Å²) in [5.74, 6) is 1.75. The number of para-hydroxylation sites is 1. The van der Waals surface area contributed by atoms with E-state index in [9.17, 15) is 9.59 Å². The van der Waals surface area contributed by atoms with Crippen LogP contribution in [0.25, 0.3) is 0 Å². The van der Waals surface area contributed by atoms with Crippen LogP contribution in [0.3, 0.4) is 0 Å². The molecule has 0 N–H and O–H groups in total. The Balaban J connectivity index is 1.17. The van der Waals surface area contributed by atoms with Crippen molar-refractivity contribution in [2.24, 2.45) is 0 Å². The fourth-order valence-corrected chi connectivity index (χ4v) is 4.56. The molecule has 2 amide bonds. The molecular formula is C27H27N3O3. The molecule has 0 bridgehead atoms. The molecule has 0 unspecified atom stereocenters. The summed E-state index contributed by atoms with van der Waals surface area (Å²) in [5, 5.41) is 0. The van der Waals surface area contributed by atoms with E-state index in [1.54, 1.807) is 0 Å². The molecule has 1 atom stereocenters. The SMILES string of the molecule is O=C(c1ccccc1)N1CCN([C@H]2CC(=O)N(c3ccc(Oc4ccccc4)cc3)C2)CC1. The summed E-state index contributed by atoms with van der Waals surface area (Å²) in [6.07, 6.45) is 0.509. The van der Waals surface area contributed by atoms with Crippen molar-refractivity contribution in [2.45, 2.75) is 12.5 Å². The van der Waals surface area contributed by atoms with Gasteiger partial charge in [0.15, 0.2) is 0 Å². The minimum Gasteiger partial charge on any atom is -0.457 e. The lowest BCUT2D eigenvalue weighted by atomic mass is 10.1. The number of anilines is 1. The van der Waals surface area contributed by atoms with Gasteiger partial charge in [-0.3, -0.25) is 14.5 Å². The van der Waals surface area contributed by atoms with Gasteiger partial charge < -0.3 is 14.5 Å². The molecule has 168 valence electrons. The summed E-state index contributed by atoms with van der Waals surface area (Å²) in [7, 11) is 0. The highest BCUT2D eigenvalue weighted by atomic mass is 16.5. The zero-order valence-electron chi connectivity index (χ0n) is 18.5. The molecule has 0 saturated carbocycles. The average molecular weight is 442 g/mol. The van der Waals surface area contributed by atoms with E-state index < -0.39 is 0 Å². The van der Waals surface area contributed by atoms with Crippen LogP contribution in [0.1, 0.15) is 16.8 Å². The largest absolute Gasteiger partial charge is 0.457 e. The van der Waals surface area contributed by atoms with Crippen LogP contribution in [-0.2, 0) is 4.79 Å². The summed E-state index contributed by atoms with van der Waals surface area (Å²) in [6.45, 7) is 3.61. The summed E-state index contributed by atoms with van der Waals surface area (Å²) in [5.41, 5.74) is 1.62. The normalized spacial score (nSPS) is 19.0. The van der Waals surface area contributed by atoms with Crippen molar-refractivity contribution >= 4 is 17.5 Å². The molecular weight excluding hydrogens is 414 g/mol. The quantitative estimate of drug-likeness (QED) is 0.600. The van der Waals surface area contributed by atoms with Crippen LogP contribution in [0.5, 0.6) is 11.5 Å². The van der Waals surface area contributed by atoms with Gasteiger partial charge in [0.05, 0.1) is 0 Å². The predicted molar refractivity (Wildman–Crippen MR) is 128 cm³/mol. The van der Waals surface area contributed by atoms with Gasteiger partial charge in [-0.1, -0.05) is 36.4 Å². The molecule has 2 aliphatic rings. The number of carbonyl (C=O) groups excluding carboxylic acids is 2. The summed E-state index contributed by atoms with van der Waals surface area (Å²) in [6, 6.07) is 26.9. The monoisotopic (exact) mass is 441 g/mol. The molecule has 2 aliphatic heterocycles. The highest BCUT2D eigenvalue weighted by Crippen LogP contribution is 2.28. The standard InChI is InChI=1S/C27H27N3O3/c31-26-19-23(28-15-17-29(18-16-28)27(32)21-7-3-1-4-8-21)20-30(26)22-11-13-25(14-12-22)33-24-9-5-2-6-10-24/h1-14,23H,15-20H2/t23-/m0/s1. The topological polar surface area (TPSA) is 53.1 Å². The molecule has 0 aromatic heterocycles. The highest BCUT2D eigenvalue weighted by molar-refractivity contribution is 5.96. The molecule has 0 radical (unpaired) electrons. The van der Waals surface area contributed by atoms with Gasteiger partial charge in [0.25, 0.3) is 5.91 Å². The van der Waals surface area contributed by atoms with Crippen molar-refractivity contribution in [2.75, 3.05) is 37.6 Å². The number of piperazine rings is 1. The van der Waals surface area contributed by atoms with Crippen molar-refractivity contribution in [3.63, 3.8) is 0 Å². The first kappa shape index (κ1) is 21.2. The second kappa shape index (κ2) is 9.46. The number of amides is 2. The number of hydrogen-bond donors (Lipinski definition) is 0. The van der Waals surface area contributed by atoms with Gasteiger partial charge in [-0.2, -0.15) is 0 Å². The predicted octanol–water partition coefficient (Wildman–Crippen LogP) is 4.04. The second-order valence-electron chi connectivity index (χ2n) is 8.47. The molecule has 6 heteroatoms. The Labute approximate surface area is 194 Å². The lowest BCUT2D eigenvalue weighted by Gasteiger charge is -2.37. The smallest absolute Gasteiger partial charge is 0.253 e. The molecule has 2 fully saturated rings. The van der Waals surface area contributed by atoms with E-state index >= 15 is 0 Å². The van der Waals surface area contributed by atoms with Crippen molar-refractivity contribution < 1.29 is 14.3 Å². The third kappa shape index (κ3) is 4.76. The Morgan fingerprint density at radius 1 is 0.758 bits per heavy atom. The Kier molecular flexibility index (Phi) is 6.09. The van der Waals surface area contributed by atoms with E-state index in [0.717, 1.165) is 35.8 Å². The first-order valence-electron chi connectivity index (χ1n) is 11.4.